The maximum atomic E-state index is 11.2. The lowest BCUT2D eigenvalue weighted by Crippen LogP contribution is -2.11. The van der Waals surface area contributed by atoms with Crippen LogP contribution in [0.3, 0.4) is 0 Å². The maximum absolute atomic E-state index is 11.2. The van der Waals surface area contributed by atoms with Gasteiger partial charge in [-0.25, -0.2) is 4.79 Å². The van der Waals surface area contributed by atoms with Crippen molar-refractivity contribution in [3.05, 3.63) is 45.6 Å². The quantitative estimate of drug-likeness (QED) is 0.889. The Morgan fingerprint density at radius 3 is 2.65 bits per heavy atom. The smallest absolute Gasteiger partial charge is 0.411 e. The van der Waals surface area contributed by atoms with E-state index >= 15 is 0 Å². The maximum Gasteiger partial charge on any atom is 0.411 e. The van der Waals surface area contributed by atoms with Crippen molar-refractivity contribution in [2.24, 2.45) is 0 Å². The molecule has 0 atom stereocenters. The molecule has 0 unspecified atom stereocenters. The number of thiophene rings is 1. The molecule has 0 spiro atoms. The molecule has 20 heavy (non-hydrogen) atoms. The Morgan fingerprint density at radius 1 is 1.25 bits per heavy atom. The summed E-state index contributed by atoms with van der Waals surface area (Å²) >= 11 is 1.81. The van der Waals surface area contributed by atoms with E-state index < -0.39 is 6.09 Å². The molecule has 0 aliphatic heterocycles. The monoisotopic (exact) mass is 290 g/mol. The summed E-state index contributed by atoms with van der Waals surface area (Å²) in [5.74, 6) is 0. The van der Waals surface area contributed by atoms with Gasteiger partial charge in [0.2, 0.25) is 0 Å². The minimum atomic E-state index is -0.466. The van der Waals surface area contributed by atoms with Crippen LogP contribution in [0.5, 0.6) is 0 Å². The molecule has 2 rings (SSSR count). The van der Waals surface area contributed by atoms with Crippen molar-refractivity contribution in [1.82, 2.24) is 0 Å². The molecule has 4 nitrogen and oxygen atoms in total. The predicted octanol–water partition coefficient (Wildman–Crippen LogP) is 4.16. The zero-order chi connectivity index (χ0) is 14.5. The average molecular weight is 290 g/mol. The summed E-state index contributed by atoms with van der Waals surface area (Å²) in [5.41, 5.74) is 2.97. The molecule has 0 radical (unpaired) electrons. The molecule has 2 N–H and O–H groups in total. The summed E-state index contributed by atoms with van der Waals surface area (Å²) in [5, 5.41) is 6.01. The number of amides is 1. The van der Waals surface area contributed by atoms with Crippen LogP contribution in [0.25, 0.3) is 0 Å². The van der Waals surface area contributed by atoms with Gasteiger partial charge in [-0.3, -0.25) is 5.32 Å². The number of ether oxygens (including phenoxy) is 1. The van der Waals surface area contributed by atoms with E-state index in [1.807, 2.05) is 24.3 Å². The summed E-state index contributed by atoms with van der Waals surface area (Å²) in [4.78, 5) is 13.8. The molecule has 5 heteroatoms. The van der Waals surface area contributed by atoms with Gasteiger partial charge in [0.05, 0.1) is 7.11 Å². The second-order valence-corrected chi connectivity index (χ2v) is 5.95. The van der Waals surface area contributed by atoms with E-state index in [9.17, 15) is 4.79 Å². The first-order valence-electron chi connectivity index (χ1n) is 6.33. The first kappa shape index (κ1) is 14.4. The summed E-state index contributed by atoms with van der Waals surface area (Å²) in [6.45, 7) is 5.02. The molecular weight excluding hydrogens is 272 g/mol. The lowest BCUT2D eigenvalue weighted by molar-refractivity contribution is 0.187. The molecule has 0 fully saturated rings. The number of carbonyl (C=O) groups is 1. The zero-order valence-electron chi connectivity index (χ0n) is 11.8. The fraction of sp³-hybridized carbons (Fsp3) is 0.267. The zero-order valence-corrected chi connectivity index (χ0v) is 12.6. The summed E-state index contributed by atoms with van der Waals surface area (Å²) in [6.07, 6.45) is -0.466. The topological polar surface area (TPSA) is 50.4 Å². The van der Waals surface area contributed by atoms with Crippen LogP contribution < -0.4 is 10.6 Å². The van der Waals surface area contributed by atoms with Crippen LogP contribution in [0.15, 0.2) is 30.3 Å². The second kappa shape index (κ2) is 6.43. The van der Waals surface area contributed by atoms with Crippen molar-refractivity contribution in [3.8, 4) is 0 Å². The van der Waals surface area contributed by atoms with E-state index in [1.54, 1.807) is 11.3 Å². The van der Waals surface area contributed by atoms with Crippen LogP contribution in [0.4, 0.5) is 16.2 Å². The van der Waals surface area contributed by atoms with Crippen LogP contribution in [0, 0.1) is 13.8 Å². The fourth-order valence-electron chi connectivity index (χ4n) is 1.93. The third-order valence-corrected chi connectivity index (χ3v) is 3.93. The fourth-order valence-corrected chi connectivity index (χ4v) is 2.88. The number of carbonyl (C=O) groups excluding carboxylic acids is 1. The highest BCUT2D eigenvalue weighted by molar-refractivity contribution is 7.12. The molecule has 0 aliphatic rings. The van der Waals surface area contributed by atoms with Crippen molar-refractivity contribution < 1.29 is 9.53 Å². The third kappa shape index (κ3) is 3.74. The minimum Gasteiger partial charge on any atom is -0.453 e. The summed E-state index contributed by atoms with van der Waals surface area (Å²) in [6, 6.07) is 9.76. The molecule has 0 aliphatic carbocycles. The molecule has 2 aromatic rings. The van der Waals surface area contributed by atoms with Gasteiger partial charge in [0.15, 0.2) is 0 Å². The van der Waals surface area contributed by atoms with E-state index in [0.717, 1.165) is 12.2 Å². The molecule has 1 heterocycles. The van der Waals surface area contributed by atoms with Gasteiger partial charge < -0.3 is 10.1 Å². The second-order valence-electron chi connectivity index (χ2n) is 4.49. The Balaban J connectivity index is 2.01. The molecule has 0 saturated carbocycles. The van der Waals surface area contributed by atoms with Crippen LogP contribution >= 0.6 is 11.3 Å². The third-order valence-electron chi connectivity index (χ3n) is 2.92. The molecule has 106 valence electrons. The molecule has 0 bridgehead atoms. The molecular formula is C15H18N2O2S. The van der Waals surface area contributed by atoms with Crippen LogP contribution in [-0.2, 0) is 11.3 Å². The van der Waals surface area contributed by atoms with Gasteiger partial charge in [-0.05, 0) is 43.7 Å². The Kier molecular flexibility index (Phi) is 4.63. The average Bonchev–Trinajstić information content (AvgIpc) is 2.75. The van der Waals surface area contributed by atoms with Gasteiger partial charge in [0, 0.05) is 27.7 Å². The Hall–Kier alpha value is -2.01. The number of benzene rings is 1. The van der Waals surface area contributed by atoms with Crippen LogP contribution in [-0.4, -0.2) is 13.2 Å². The number of hydrogen-bond acceptors (Lipinski definition) is 4. The first-order chi connectivity index (χ1) is 9.58. The van der Waals surface area contributed by atoms with Crippen molar-refractivity contribution in [2.75, 3.05) is 17.7 Å². The Bertz CT molecular complexity index is 608. The van der Waals surface area contributed by atoms with Crippen LogP contribution in [0.2, 0.25) is 0 Å². The van der Waals surface area contributed by atoms with Crippen molar-refractivity contribution >= 4 is 28.8 Å². The lowest BCUT2D eigenvalue weighted by Gasteiger charge is -2.09. The lowest BCUT2D eigenvalue weighted by atomic mass is 10.2. The van der Waals surface area contributed by atoms with E-state index in [4.69, 9.17) is 0 Å². The van der Waals surface area contributed by atoms with E-state index in [0.29, 0.717) is 5.69 Å². The van der Waals surface area contributed by atoms with E-state index in [2.05, 4.69) is 35.3 Å². The Morgan fingerprint density at radius 2 is 2.00 bits per heavy atom. The largest absolute Gasteiger partial charge is 0.453 e. The number of nitrogens with one attached hydrogen (secondary N) is 2. The highest BCUT2D eigenvalue weighted by atomic mass is 32.1. The summed E-state index contributed by atoms with van der Waals surface area (Å²) < 4.78 is 4.57. The number of rotatable bonds is 4. The predicted molar refractivity (Wildman–Crippen MR) is 83.6 cm³/mol. The molecule has 1 aromatic carbocycles. The van der Waals surface area contributed by atoms with Gasteiger partial charge in [0.25, 0.3) is 0 Å². The van der Waals surface area contributed by atoms with Crippen molar-refractivity contribution in [2.45, 2.75) is 20.4 Å². The first-order valence-corrected chi connectivity index (χ1v) is 7.15. The molecule has 1 aromatic heterocycles. The highest BCUT2D eigenvalue weighted by Crippen LogP contribution is 2.22. The van der Waals surface area contributed by atoms with Gasteiger partial charge in [-0.2, -0.15) is 0 Å². The normalized spacial score (nSPS) is 10.2. The summed E-state index contributed by atoms with van der Waals surface area (Å²) in [7, 11) is 1.35. The minimum absolute atomic E-state index is 0.466. The number of aryl methyl sites for hydroxylation is 2. The van der Waals surface area contributed by atoms with Gasteiger partial charge >= 0.3 is 6.09 Å². The number of hydrogen-bond donors (Lipinski definition) is 2. The van der Waals surface area contributed by atoms with Crippen LogP contribution in [0.1, 0.15) is 15.3 Å². The van der Waals surface area contributed by atoms with Gasteiger partial charge in [0.1, 0.15) is 0 Å². The van der Waals surface area contributed by atoms with Gasteiger partial charge in [-0.15, -0.1) is 11.3 Å². The van der Waals surface area contributed by atoms with Crippen molar-refractivity contribution in [3.63, 3.8) is 0 Å². The standard InChI is InChI=1S/C15H18N2O2S/c1-10-7-12(11(2)20-10)9-16-13-5-4-6-14(8-13)17-15(18)19-3/h4-8,16H,9H2,1-3H3,(H,17,18). The SMILES string of the molecule is COC(=O)Nc1cccc(NCc2cc(C)sc2C)c1. The van der Waals surface area contributed by atoms with Crippen molar-refractivity contribution in [1.29, 1.82) is 0 Å². The molecule has 1 amide bonds. The highest BCUT2D eigenvalue weighted by Gasteiger charge is 2.04. The molecule has 0 saturated heterocycles. The number of methoxy groups -OCH3 is 1. The van der Waals surface area contributed by atoms with E-state index in [1.165, 1.54) is 22.4 Å². The number of anilines is 2. The Labute approximate surface area is 122 Å². The van der Waals surface area contributed by atoms with Gasteiger partial charge in [-0.1, -0.05) is 6.07 Å². The van der Waals surface area contributed by atoms with E-state index in [-0.39, 0.29) is 0 Å².